The zero-order valence-electron chi connectivity index (χ0n) is 10.9. The zero-order valence-corrected chi connectivity index (χ0v) is 10.9. The predicted octanol–water partition coefficient (Wildman–Crippen LogP) is 0.396. The van der Waals surface area contributed by atoms with Crippen molar-refractivity contribution in [2.24, 2.45) is 5.92 Å². The zero-order chi connectivity index (χ0) is 12.8. The highest BCUT2D eigenvalue weighted by molar-refractivity contribution is 5.79. The van der Waals surface area contributed by atoms with Crippen LogP contribution < -0.4 is 5.32 Å². The third-order valence-corrected chi connectivity index (χ3v) is 3.21. The highest BCUT2D eigenvalue weighted by atomic mass is 16.5. The summed E-state index contributed by atoms with van der Waals surface area (Å²) in [6.45, 7) is 5.16. The van der Waals surface area contributed by atoms with Gasteiger partial charge in [0.25, 0.3) is 0 Å². The van der Waals surface area contributed by atoms with Crippen molar-refractivity contribution in [2.75, 3.05) is 26.7 Å². The van der Waals surface area contributed by atoms with E-state index in [1.807, 2.05) is 13.8 Å². The number of morpholine rings is 1. The van der Waals surface area contributed by atoms with E-state index in [1.54, 1.807) is 11.9 Å². The Hall–Kier alpha value is -1.10. The van der Waals surface area contributed by atoms with Crippen LogP contribution in [0.2, 0.25) is 0 Å². The molecule has 1 fully saturated rings. The van der Waals surface area contributed by atoms with Crippen molar-refractivity contribution in [3.8, 4) is 0 Å². The van der Waals surface area contributed by atoms with E-state index in [4.69, 9.17) is 4.74 Å². The summed E-state index contributed by atoms with van der Waals surface area (Å²) < 4.78 is 5.35. The van der Waals surface area contributed by atoms with E-state index in [2.05, 4.69) is 5.32 Å². The van der Waals surface area contributed by atoms with Crippen LogP contribution in [-0.2, 0) is 14.3 Å². The maximum absolute atomic E-state index is 11.7. The van der Waals surface area contributed by atoms with Gasteiger partial charge in [0.05, 0.1) is 6.10 Å². The van der Waals surface area contributed by atoms with Gasteiger partial charge in [-0.3, -0.25) is 9.59 Å². The molecule has 1 aliphatic rings. The molecule has 1 atom stereocenters. The summed E-state index contributed by atoms with van der Waals surface area (Å²) in [5, 5.41) is 2.89. The van der Waals surface area contributed by atoms with Gasteiger partial charge in [-0.05, 0) is 12.8 Å². The van der Waals surface area contributed by atoms with Gasteiger partial charge in [-0.15, -0.1) is 0 Å². The van der Waals surface area contributed by atoms with E-state index in [-0.39, 0.29) is 30.4 Å². The lowest BCUT2D eigenvalue weighted by Gasteiger charge is -2.30. The standard InChI is InChI=1S/C12H22N2O3/c1-4-9(5-2)12(16)13-6-10-7-14(3)11(15)8-17-10/h9-10H,4-8H2,1-3H3,(H,13,16). The maximum Gasteiger partial charge on any atom is 0.248 e. The van der Waals surface area contributed by atoms with E-state index in [1.165, 1.54) is 0 Å². The molecule has 0 aromatic heterocycles. The van der Waals surface area contributed by atoms with Gasteiger partial charge >= 0.3 is 0 Å². The summed E-state index contributed by atoms with van der Waals surface area (Å²) in [6.07, 6.45) is 1.62. The molecule has 0 saturated carbocycles. The number of nitrogens with one attached hydrogen (secondary N) is 1. The molecule has 0 bridgehead atoms. The molecule has 2 amide bonds. The van der Waals surface area contributed by atoms with Crippen molar-refractivity contribution in [2.45, 2.75) is 32.8 Å². The first kappa shape index (κ1) is 14.0. The number of likely N-dealkylation sites (N-methyl/N-ethyl adjacent to an activating group) is 1. The van der Waals surface area contributed by atoms with Crippen LogP contribution in [0.25, 0.3) is 0 Å². The molecule has 1 rings (SSSR count). The van der Waals surface area contributed by atoms with Gasteiger partial charge < -0.3 is 15.0 Å². The third kappa shape index (κ3) is 4.00. The van der Waals surface area contributed by atoms with Crippen molar-refractivity contribution in [3.05, 3.63) is 0 Å². The van der Waals surface area contributed by atoms with Crippen LogP contribution in [0, 0.1) is 5.92 Å². The van der Waals surface area contributed by atoms with Crippen LogP contribution in [0.15, 0.2) is 0 Å². The Labute approximate surface area is 102 Å². The average Bonchev–Trinajstić information content (AvgIpc) is 2.32. The van der Waals surface area contributed by atoms with E-state index < -0.39 is 0 Å². The van der Waals surface area contributed by atoms with Gasteiger partial charge in [0.1, 0.15) is 6.61 Å². The van der Waals surface area contributed by atoms with Crippen molar-refractivity contribution in [1.29, 1.82) is 0 Å². The molecule has 0 aliphatic carbocycles. The van der Waals surface area contributed by atoms with Crippen molar-refractivity contribution in [1.82, 2.24) is 10.2 Å². The highest BCUT2D eigenvalue weighted by Gasteiger charge is 2.24. The minimum Gasteiger partial charge on any atom is -0.365 e. The normalized spacial score (nSPS) is 20.8. The maximum atomic E-state index is 11.7. The highest BCUT2D eigenvalue weighted by Crippen LogP contribution is 2.08. The minimum absolute atomic E-state index is 0.00688. The molecule has 1 aliphatic heterocycles. The number of amides is 2. The van der Waals surface area contributed by atoms with Gasteiger partial charge in [0.2, 0.25) is 11.8 Å². The van der Waals surface area contributed by atoms with E-state index >= 15 is 0 Å². The van der Waals surface area contributed by atoms with Crippen LogP contribution in [0.5, 0.6) is 0 Å². The average molecular weight is 242 g/mol. The van der Waals surface area contributed by atoms with Gasteiger partial charge in [-0.25, -0.2) is 0 Å². The Balaban J connectivity index is 2.31. The van der Waals surface area contributed by atoms with Gasteiger partial charge in [-0.2, -0.15) is 0 Å². The molecule has 1 unspecified atom stereocenters. The summed E-state index contributed by atoms with van der Waals surface area (Å²) in [7, 11) is 1.75. The fourth-order valence-corrected chi connectivity index (χ4v) is 1.90. The molecule has 0 spiro atoms. The van der Waals surface area contributed by atoms with Crippen LogP contribution in [0.4, 0.5) is 0 Å². The number of rotatable bonds is 5. The van der Waals surface area contributed by atoms with Crippen LogP contribution >= 0.6 is 0 Å². The molecule has 5 nitrogen and oxygen atoms in total. The summed E-state index contributed by atoms with van der Waals surface area (Å²) in [4.78, 5) is 24.6. The fraction of sp³-hybridized carbons (Fsp3) is 0.833. The molecule has 0 radical (unpaired) electrons. The lowest BCUT2D eigenvalue weighted by atomic mass is 10.0. The van der Waals surface area contributed by atoms with E-state index in [0.717, 1.165) is 12.8 Å². The Bertz CT molecular complexity index is 277. The van der Waals surface area contributed by atoms with Crippen LogP contribution in [-0.4, -0.2) is 49.6 Å². The van der Waals surface area contributed by atoms with Gasteiger partial charge in [0, 0.05) is 26.1 Å². The predicted molar refractivity (Wildman–Crippen MR) is 64.5 cm³/mol. The second-order valence-electron chi connectivity index (χ2n) is 4.47. The molecule has 1 saturated heterocycles. The SMILES string of the molecule is CCC(CC)C(=O)NCC1CN(C)C(=O)CO1. The van der Waals surface area contributed by atoms with Crippen LogP contribution in [0.1, 0.15) is 26.7 Å². The molecule has 0 aromatic rings. The lowest BCUT2D eigenvalue weighted by molar-refractivity contribution is -0.146. The first-order valence-corrected chi connectivity index (χ1v) is 6.21. The molecular formula is C12H22N2O3. The van der Waals surface area contributed by atoms with Crippen molar-refractivity contribution in [3.63, 3.8) is 0 Å². The second-order valence-corrected chi connectivity index (χ2v) is 4.47. The Kier molecular flexibility index (Phi) is 5.41. The number of hydrogen-bond donors (Lipinski definition) is 1. The topological polar surface area (TPSA) is 58.6 Å². The number of hydrogen-bond acceptors (Lipinski definition) is 3. The Morgan fingerprint density at radius 1 is 1.53 bits per heavy atom. The summed E-state index contributed by atoms with van der Waals surface area (Å²) >= 11 is 0. The monoisotopic (exact) mass is 242 g/mol. The van der Waals surface area contributed by atoms with Crippen molar-refractivity contribution >= 4 is 11.8 Å². The number of ether oxygens (including phenoxy) is 1. The summed E-state index contributed by atoms with van der Waals surface area (Å²) in [5.41, 5.74) is 0. The first-order valence-electron chi connectivity index (χ1n) is 6.21. The Morgan fingerprint density at radius 3 is 2.71 bits per heavy atom. The lowest BCUT2D eigenvalue weighted by Crippen LogP contribution is -2.49. The van der Waals surface area contributed by atoms with Crippen LogP contribution in [0.3, 0.4) is 0 Å². The minimum atomic E-state index is -0.0870. The smallest absolute Gasteiger partial charge is 0.248 e. The summed E-state index contributed by atoms with van der Waals surface area (Å²) in [5.74, 6) is 0.156. The first-order chi connectivity index (χ1) is 8.08. The van der Waals surface area contributed by atoms with E-state index in [9.17, 15) is 9.59 Å². The number of nitrogens with zero attached hydrogens (tertiary/aromatic N) is 1. The van der Waals surface area contributed by atoms with Gasteiger partial charge in [0.15, 0.2) is 0 Å². The molecule has 5 heteroatoms. The third-order valence-electron chi connectivity index (χ3n) is 3.21. The molecule has 1 heterocycles. The molecule has 98 valence electrons. The largest absolute Gasteiger partial charge is 0.365 e. The Morgan fingerprint density at radius 2 is 2.18 bits per heavy atom. The number of carbonyl (C=O) groups is 2. The van der Waals surface area contributed by atoms with Gasteiger partial charge in [-0.1, -0.05) is 13.8 Å². The van der Waals surface area contributed by atoms with E-state index in [0.29, 0.717) is 13.1 Å². The molecule has 1 N–H and O–H groups in total. The van der Waals surface area contributed by atoms with Crippen molar-refractivity contribution < 1.29 is 14.3 Å². The molecule has 0 aromatic carbocycles. The summed E-state index contributed by atoms with van der Waals surface area (Å²) in [6, 6.07) is 0. The molecular weight excluding hydrogens is 220 g/mol. The number of carbonyl (C=O) groups excluding carboxylic acids is 2. The quantitative estimate of drug-likeness (QED) is 0.759. The second kappa shape index (κ2) is 6.59. The molecule has 17 heavy (non-hydrogen) atoms. The fourth-order valence-electron chi connectivity index (χ4n) is 1.90.